The number of allylic oxidation sites excluding steroid dienone is 1. The monoisotopic (exact) mass is 194 g/mol. The van der Waals surface area contributed by atoms with Crippen molar-refractivity contribution in [2.24, 2.45) is 0 Å². The summed E-state index contributed by atoms with van der Waals surface area (Å²) in [6, 6.07) is 0. The number of carbonyl (C=O) groups is 2. The third-order valence-electron chi connectivity index (χ3n) is 2.74. The van der Waals surface area contributed by atoms with Gasteiger partial charge >= 0.3 is 0 Å². The standard InChI is InChI=1S/C11H14O3/c1-7(12)5-8-6-9-10(13)3-2-4-11(9)14-8/h8H,2-6H2,1H3. The molecule has 0 amide bonds. The van der Waals surface area contributed by atoms with E-state index in [4.69, 9.17) is 4.74 Å². The lowest BCUT2D eigenvalue weighted by molar-refractivity contribution is -0.119. The van der Waals surface area contributed by atoms with Gasteiger partial charge in [-0.05, 0) is 13.3 Å². The Morgan fingerprint density at radius 3 is 2.93 bits per heavy atom. The van der Waals surface area contributed by atoms with E-state index in [1.54, 1.807) is 6.92 Å². The molecule has 14 heavy (non-hydrogen) atoms. The van der Waals surface area contributed by atoms with E-state index in [0.717, 1.165) is 24.2 Å². The zero-order valence-corrected chi connectivity index (χ0v) is 8.34. The molecule has 76 valence electrons. The predicted octanol–water partition coefficient (Wildman–Crippen LogP) is 1.76. The summed E-state index contributed by atoms with van der Waals surface area (Å²) in [5.74, 6) is 1.20. The van der Waals surface area contributed by atoms with Crippen LogP contribution in [-0.2, 0) is 14.3 Å². The first-order valence-electron chi connectivity index (χ1n) is 5.08. The van der Waals surface area contributed by atoms with Crippen molar-refractivity contribution in [3.05, 3.63) is 11.3 Å². The average Bonchev–Trinajstić information content (AvgIpc) is 2.47. The Balaban J connectivity index is 2.04. The van der Waals surface area contributed by atoms with Crippen molar-refractivity contribution < 1.29 is 14.3 Å². The minimum Gasteiger partial charge on any atom is -0.494 e. The van der Waals surface area contributed by atoms with Crippen LogP contribution in [0.1, 0.15) is 39.0 Å². The second-order valence-corrected chi connectivity index (χ2v) is 4.03. The van der Waals surface area contributed by atoms with E-state index >= 15 is 0 Å². The molecule has 1 atom stereocenters. The van der Waals surface area contributed by atoms with Crippen LogP contribution >= 0.6 is 0 Å². The molecule has 0 saturated heterocycles. The third kappa shape index (κ3) is 1.72. The second kappa shape index (κ2) is 3.56. The van der Waals surface area contributed by atoms with Crippen LogP contribution in [0.2, 0.25) is 0 Å². The Bertz CT molecular complexity index is 314. The zero-order valence-electron chi connectivity index (χ0n) is 8.34. The number of Topliss-reactive ketones (excluding diaryl/α,β-unsaturated/α-hetero) is 2. The molecule has 0 fully saturated rings. The van der Waals surface area contributed by atoms with Crippen molar-refractivity contribution in [3.63, 3.8) is 0 Å². The lowest BCUT2D eigenvalue weighted by Crippen LogP contribution is -2.11. The first-order valence-corrected chi connectivity index (χ1v) is 5.08. The zero-order chi connectivity index (χ0) is 10.1. The predicted molar refractivity (Wildman–Crippen MR) is 50.7 cm³/mol. The van der Waals surface area contributed by atoms with E-state index in [1.165, 1.54) is 0 Å². The van der Waals surface area contributed by atoms with Crippen LogP contribution in [-0.4, -0.2) is 17.7 Å². The lowest BCUT2D eigenvalue weighted by atomic mass is 9.94. The normalized spacial score (nSPS) is 26.1. The molecule has 2 aliphatic rings. The summed E-state index contributed by atoms with van der Waals surface area (Å²) < 4.78 is 5.58. The highest BCUT2D eigenvalue weighted by Crippen LogP contribution is 2.34. The maximum Gasteiger partial charge on any atom is 0.162 e. The topological polar surface area (TPSA) is 43.4 Å². The molecule has 1 aliphatic heterocycles. The molecule has 3 nitrogen and oxygen atoms in total. The molecule has 0 N–H and O–H groups in total. The van der Waals surface area contributed by atoms with Gasteiger partial charge in [0.25, 0.3) is 0 Å². The first kappa shape index (κ1) is 9.44. The molecule has 1 unspecified atom stereocenters. The number of carbonyl (C=O) groups excluding carboxylic acids is 2. The Morgan fingerprint density at radius 2 is 2.29 bits per heavy atom. The molecule has 0 aromatic heterocycles. The van der Waals surface area contributed by atoms with Crippen LogP contribution in [0, 0.1) is 0 Å². The average molecular weight is 194 g/mol. The van der Waals surface area contributed by atoms with Crippen LogP contribution in [0.5, 0.6) is 0 Å². The van der Waals surface area contributed by atoms with E-state index in [9.17, 15) is 9.59 Å². The maximum atomic E-state index is 11.5. The summed E-state index contributed by atoms with van der Waals surface area (Å²) in [5.41, 5.74) is 0.850. The van der Waals surface area contributed by atoms with Gasteiger partial charge in [-0.25, -0.2) is 0 Å². The van der Waals surface area contributed by atoms with Crippen LogP contribution in [0.3, 0.4) is 0 Å². The minimum absolute atomic E-state index is 0.0699. The molecule has 1 aliphatic carbocycles. The highest BCUT2D eigenvalue weighted by molar-refractivity contribution is 5.97. The molecule has 0 spiro atoms. The van der Waals surface area contributed by atoms with Crippen molar-refractivity contribution >= 4 is 11.6 Å². The summed E-state index contributed by atoms with van der Waals surface area (Å²) in [5, 5.41) is 0. The summed E-state index contributed by atoms with van der Waals surface area (Å²) >= 11 is 0. The molecule has 0 saturated carbocycles. The van der Waals surface area contributed by atoms with Gasteiger partial charge in [0.2, 0.25) is 0 Å². The van der Waals surface area contributed by atoms with Gasteiger partial charge in [0.15, 0.2) is 5.78 Å². The SMILES string of the molecule is CC(=O)CC1CC2=C(CCCC2=O)O1. The number of hydrogen-bond acceptors (Lipinski definition) is 3. The van der Waals surface area contributed by atoms with E-state index in [2.05, 4.69) is 0 Å². The van der Waals surface area contributed by atoms with Gasteiger partial charge in [-0.1, -0.05) is 0 Å². The molecule has 0 radical (unpaired) electrons. The maximum absolute atomic E-state index is 11.5. The van der Waals surface area contributed by atoms with Gasteiger partial charge in [-0.3, -0.25) is 9.59 Å². The molecule has 1 heterocycles. The molecular weight excluding hydrogens is 180 g/mol. The number of rotatable bonds is 2. The smallest absolute Gasteiger partial charge is 0.162 e. The summed E-state index contributed by atoms with van der Waals surface area (Å²) in [6.45, 7) is 1.56. The highest BCUT2D eigenvalue weighted by atomic mass is 16.5. The number of ketones is 2. The Labute approximate surface area is 83.1 Å². The van der Waals surface area contributed by atoms with Crippen LogP contribution in [0.4, 0.5) is 0 Å². The third-order valence-corrected chi connectivity index (χ3v) is 2.74. The van der Waals surface area contributed by atoms with Crippen LogP contribution in [0.25, 0.3) is 0 Å². The Morgan fingerprint density at radius 1 is 1.50 bits per heavy atom. The van der Waals surface area contributed by atoms with Crippen molar-refractivity contribution in [1.82, 2.24) is 0 Å². The van der Waals surface area contributed by atoms with Gasteiger partial charge in [0, 0.05) is 31.3 Å². The molecule has 3 heteroatoms. The van der Waals surface area contributed by atoms with Gasteiger partial charge < -0.3 is 4.74 Å². The largest absolute Gasteiger partial charge is 0.494 e. The summed E-state index contributed by atoms with van der Waals surface area (Å²) in [6.07, 6.45) is 3.42. The van der Waals surface area contributed by atoms with Gasteiger partial charge in [0.05, 0.1) is 0 Å². The van der Waals surface area contributed by atoms with E-state index in [0.29, 0.717) is 19.3 Å². The molecular formula is C11H14O3. The lowest BCUT2D eigenvalue weighted by Gasteiger charge is -2.12. The Kier molecular flexibility index (Phi) is 2.40. The van der Waals surface area contributed by atoms with Crippen molar-refractivity contribution in [2.75, 3.05) is 0 Å². The van der Waals surface area contributed by atoms with E-state index < -0.39 is 0 Å². The highest BCUT2D eigenvalue weighted by Gasteiger charge is 2.32. The molecule has 2 rings (SSSR count). The fraction of sp³-hybridized carbons (Fsp3) is 0.636. The second-order valence-electron chi connectivity index (χ2n) is 4.03. The summed E-state index contributed by atoms with van der Waals surface area (Å²) in [7, 11) is 0. The minimum atomic E-state index is -0.0699. The van der Waals surface area contributed by atoms with Crippen molar-refractivity contribution in [3.8, 4) is 0 Å². The molecule has 0 bridgehead atoms. The fourth-order valence-corrected chi connectivity index (χ4v) is 2.13. The van der Waals surface area contributed by atoms with Gasteiger partial charge in [0.1, 0.15) is 17.6 Å². The van der Waals surface area contributed by atoms with Crippen LogP contribution < -0.4 is 0 Å². The van der Waals surface area contributed by atoms with Crippen molar-refractivity contribution in [1.29, 1.82) is 0 Å². The quantitative estimate of drug-likeness (QED) is 0.672. The van der Waals surface area contributed by atoms with Crippen molar-refractivity contribution in [2.45, 2.75) is 45.1 Å². The molecule has 0 aromatic carbocycles. The van der Waals surface area contributed by atoms with E-state index in [-0.39, 0.29) is 17.7 Å². The molecule has 0 aromatic rings. The Hall–Kier alpha value is -1.12. The van der Waals surface area contributed by atoms with Crippen LogP contribution in [0.15, 0.2) is 11.3 Å². The van der Waals surface area contributed by atoms with E-state index in [1.807, 2.05) is 0 Å². The number of ether oxygens (including phenoxy) is 1. The summed E-state index contributed by atoms with van der Waals surface area (Å²) in [4.78, 5) is 22.4. The number of hydrogen-bond donors (Lipinski definition) is 0. The fourth-order valence-electron chi connectivity index (χ4n) is 2.13. The first-order chi connectivity index (χ1) is 6.66. The van der Waals surface area contributed by atoms with Gasteiger partial charge in [-0.2, -0.15) is 0 Å². The van der Waals surface area contributed by atoms with Gasteiger partial charge in [-0.15, -0.1) is 0 Å².